The highest BCUT2D eigenvalue weighted by Gasteiger charge is 2.33. The fourth-order valence-corrected chi connectivity index (χ4v) is 2.35. The molecule has 0 spiro atoms. The Morgan fingerprint density at radius 3 is 2.57 bits per heavy atom. The first-order valence-corrected chi connectivity index (χ1v) is 7.06. The monoisotopic (exact) mass is 346 g/mol. The molecule has 21 heavy (non-hydrogen) atoms. The number of carbonyl (C=O) groups is 2. The highest BCUT2D eigenvalue weighted by atomic mass is 79.9. The summed E-state index contributed by atoms with van der Waals surface area (Å²) in [6.07, 6.45) is 1.51. The summed E-state index contributed by atoms with van der Waals surface area (Å²) in [5, 5.41) is 2.55. The Bertz CT molecular complexity index is 722. The lowest BCUT2D eigenvalue weighted by Gasteiger charge is -2.11. The summed E-state index contributed by atoms with van der Waals surface area (Å²) < 4.78 is 5.86. The van der Waals surface area contributed by atoms with Crippen molar-refractivity contribution in [2.45, 2.75) is 6.54 Å². The van der Waals surface area contributed by atoms with Gasteiger partial charge < -0.3 is 9.73 Å². The van der Waals surface area contributed by atoms with Crippen LogP contribution in [0.4, 0.5) is 4.79 Å². The highest BCUT2D eigenvalue weighted by molar-refractivity contribution is 9.10. The van der Waals surface area contributed by atoms with Crippen molar-refractivity contribution in [3.05, 3.63) is 64.2 Å². The van der Waals surface area contributed by atoms with Gasteiger partial charge in [-0.15, -0.1) is 0 Å². The summed E-state index contributed by atoms with van der Waals surface area (Å²) in [5.41, 5.74) is 1.10. The average molecular weight is 347 g/mol. The summed E-state index contributed by atoms with van der Waals surface area (Å²) >= 11 is 3.19. The van der Waals surface area contributed by atoms with E-state index >= 15 is 0 Å². The van der Waals surface area contributed by atoms with Crippen molar-refractivity contribution in [1.29, 1.82) is 0 Å². The van der Waals surface area contributed by atoms with Crippen LogP contribution < -0.4 is 5.32 Å². The lowest BCUT2D eigenvalue weighted by atomic mass is 10.2. The van der Waals surface area contributed by atoms with E-state index < -0.39 is 6.03 Å². The summed E-state index contributed by atoms with van der Waals surface area (Å²) in [7, 11) is 0. The number of amides is 3. The molecule has 3 amide bonds. The van der Waals surface area contributed by atoms with Gasteiger partial charge in [0.15, 0.2) is 4.67 Å². The fraction of sp³-hybridized carbons (Fsp3) is 0.0667. The van der Waals surface area contributed by atoms with Crippen LogP contribution in [0.2, 0.25) is 0 Å². The van der Waals surface area contributed by atoms with Crippen LogP contribution in [0.15, 0.2) is 57.2 Å². The molecule has 1 saturated heterocycles. The first-order valence-electron chi connectivity index (χ1n) is 6.27. The number of carbonyl (C=O) groups excluding carboxylic acids is 2. The van der Waals surface area contributed by atoms with Crippen LogP contribution in [0.3, 0.4) is 0 Å². The molecule has 6 heteroatoms. The molecule has 106 valence electrons. The van der Waals surface area contributed by atoms with Crippen LogP contribution in [0.25, 0.3) is 6.08 Å². The van der Waals surface area contributed by atoms with Gasteiger partial charge in [0.1, 0.15) is 11.5 Å². The third kappa shape index (κ3) is 2.90. The van der Waals surface area contributed by atoms with Crippen molar-refractivity contribution in [2.75, 3.05) is 0 Å². The van der Waals surface area contributed by atoms with Gasteiger partial charge in [-0.2, -0.15) is 0 Å². The zero-order chi connectivity index (χ0) is 14.8. The number of benzene rings is 1. The molecular formula is C15H11BrN2O3. The molecule has 0 bridgehead atoms. The maximum atomic E-state index is 12.3. The minimum Gasteiger partial charge on any atom is -0.450 e. The number of nitrogens with one attached hydrogen (secondary N) is 1. The molecule has 3 rings (SSSR count). The molecule has 1 aromatic carbocycles. The molecule has 1 aliphatic heterocycles. The van der Waals surface area contributed by atoms with E-state index in [2.05, 4.69) is 21.2 Å². The van der Waals surface area contributed by atoms with Gasteiger partial charge in [0.05, 0.1) is 6.54 Å². The van der Waals surface area contributed by atoms with Gasteiger partial charge in [-0.3, -0.25) is 9.69 Å². The maximum absolute atomic E-state index is 12.3. The number of halogens is 1. The maximum Gasteiger partial charge on any atom is 0.329 e. The number of hydrogen-bond acceptors (Lipinski definition) is 3. The molecule has 2 heterocycles. The molecule has 5 nitrogen and oxygen atoms in total. The molecule has 1 N–H and O–H groups in total. The molecule has 0 saturated carbocycles. The molecule has 2 aromatic rings. The van der Waals surface area contributed by atoms with Gasteiger partial charge in [-0.25, -0.2) is 4.79 Å². The molecular weight excluding hydrogens is 336 g/mol. The van der Waals surface area contributed by atoms with Crippen LogP contribution >= 0.6 is 15.9 Å². The van der Waals surface area contributed by atoms with Gasteiger partial charge in [-0.05, 0) is 33.6 Å². The first kappa shape index (κ1) is 13.6. The Labute approximate surface area is 129 Å². The third-order valence-electron chi connectivity index (χ3n) is 3.03. The zero-order valence-corrected chi connectivity index (χ0v) is 12.5. The SMILES string of the molecule is O=C1N/C(=C/c2ccc(Br)o2)C(=O)N1Cc1ccccc1. The van der Waals surface area contributed by atoms with Gasteiger partial charge in [0.2, 0.25) is 0 Å². The Morgan fingerprint density at radius 2 is 1.90 bits per heavy atom. The molecule has 1 aromatic heterocycles. The quantitative estimate of drug-likeness (QED) is 0.685. The Kier molecular flexibility index (Phi) is 3.62. The second-order valence-corrected chi connectivity index (χ2v) is 5.29. The van der Waals surface area contributed by atoms with Gasteiger partial charge >= 0.3 is 6.03 Å². The van der Waals surface area contributed by atoms with E-state index in [1.165, 1.54) is 11.0 Å². The molecule has 0 unspecified atom stereocenters. The number of furan rings is 1. The zero-order valence-electron chi connectivity index (χ0n) is 10.9. The van der Waals surface area contributed by atoms with Crippen LogP contribution in [0, 0.1) is 0 Å². The molecule has 0 atom stereocenters. The van der Waals surface area contributed by atoms with Gasteiger partial charge in [0.25, 0.3) is 5.91 Å². The lowest BCUT2D eigenvalue weighted by molar-refractivity contribution is -0.123. The predicted octanol–water partition coefficient (Wildman–Crippen LogP) is 3.14. The van der Waals surface area contributed by atoms with Gasteiger partial charge in [-0.1, -0.05) is 30.3 Å². The number of nitrogens with zero attached hydrogens (tertiary/aromatic N) is 1. The van der Waals surface area contributed by atoms with E-state index in [0.717, 1.165) is 5.56 Å². The topological polar surface area (TPSA) is 62.6 Å². The van der Waals surface area contributed by atoms with E-state index in [-0.39, 0.29) is 18.1 Å². The smallest absolute Gasteiger partial charge is 0.329 e. The van der Waals surface area contributed by atoms with Crippen molar-refractivity contribution in [1.82, 2.24) is 10.2 Å². The fourth-order valence-electron chi connectivity index (χ4n) is 2.03. The molecule has 1 aliphatic rings. The highest BCUT2D eigenvalue weighted by Crippen LogP contribution is 2.20. The number of urea groups is 1. The standard InChI is InChI=1S/C15H11BrN2O3/c16-13-7-6-11(21-13)8-12-14(19)18(15(20)17-12)9-10-4-2-1-3-5-10/h1-8H,9H2,(H,17,20)/b12-8+. The third-order valence-corrected chi connectivity index (χ3v) is 3.45. The lowest BCUT2D eigenvalue weighted by Crippen LogP contribution is -2.30. The largest absolute Gasteiger partial charge is 0.450 e. The van der Waals surface area contributed by atoms with Crippen molar-refractivity contribution >= 4 is 33.9 Å². The molecule has 1 fully saturated rings. The second-order valence-electron chi connectivity index (χ2n) is 4.51. The van der Waals surface area contributed by atoms with Crippen molar-refractivity contribution in [3.63, 3.8) is 0 Å². The van der Waals surface area contributed by atoms with E-state index in [1.54, 1.807) is 12.1 Å². The average Bonchev–Trinajstić information content (AvgIpc) is 2.99. The van der Waals surface area contributed by atoms with Crippen molar-refractivity contribution < 1.29 is 14.0 Å². The Morgan fingerprint density at radius 1 is 1.14 bits per heavy atom. The molecule has 0 radical (unpaired) electrons. The Hall–Kier alpha value is -2.34. The first-order chi connectivity index (χ1) is 10.1. The Balaban J connectivity index is 1.81. The van der Waals surface area contributed by atoms with Crippen LogP contribution in [0.1, 0.15) is 11.3 Å². The second kappa shape index (κ2) is 5.57. The van der Waals surface area contributed by atoms with Crippen LogP contribution in [-0.2, 0) is 11.3 Å². The normalized spacial score (nSPS) is 16.6. The van der Waals surface area contributed by atoms with Crippen LogP contribution in [0.5, 0.6) is 0 Å². The van der Waals surface area contributed by atoms with E-state index in [0.29, 0.717) is 10.4 Å². The van der Waals surface area contributed by atoms with Gasteiger partial charge in [0, 0.05) is 6.08 Å². The summed E-state index contributed by atoms with van der Waals surface area (Å²) in [6, 6.07) is 12.3. The summed E-state index contributed by atoms with van der Waals surface area (Å²) in [6.45, 7) is 0.241. The molecule has 0 aliphatic carbocycles. The number of hydrogen-bond donors (Lipinski definition) is 1. The van der Waals surface area contributed by atoms with E-state index in [9.17, 15) is 9.59 Å². The van der Waals surface area contributed by atoms with Crippen molar-refractivity contribution in [3.8, 4) is 0 Å². The van der Waals surface area contributed by atoms with Crippen molar-refractivity contribution in [2.24, 2.45) is 0 Å². The minimum atomic E-state index is -0.430. The summed E-state index contributed by atoms with van der Waals surface area (Å²) in [4.78, 5) is 25.3. The van der Waals surface area contributed by atoms with E-state index in [1.807, 2.05) is 30.3 Å². The summed E-state index contributed by atoms with van der Waals surface area (Å²) in [5.74, 6) is 0.128. The predicted molar refractivity (Wildman–Crippen MR) is 79.9 cm³/mol. The number of rotatable bonds is 3. The van der Waals surface area contributed by atoms with E-state index in [4.69, 9.17) is 4.42 Å². The van der Waals surface area contributed by atoms with Crippen LogP contribution in [-0.4, -0.2) is 16.8 Å². The number of imide groups is 1. The minimum absolute atomic E-state index is 0.206.